The summed E-state index contributed by atoms with van der Waals surface area (Å²) in [6.45, 7) is 10.9. The van der Waals surface area contributed by atoms with Crippen molar-refractivity contribution in [3.8, 4) is 11.3 Å². The molecule has 5 N–H and O–H groups in total. The molecule has 1 aromatic heterocycles. The minimum Gasteiger partial charge on any atom is -0.453 e. The molecule has 0 aliphatic heterocycles. The van der Waals surface area contributed by atoms with Crippen molar-refractivity contribution in [2.45, 2.75) is 78.7 Å². The highest BCUT2D eigenvalue weighted by molar-refractivity contribution is 5.87. The van der Waals surface area contributed by atoms with Crippen molar-refractivity contribution >= 4 is 24.0 Å². The first-order chi connectivity index (χ1) is 24.0. The van der Waals surface area contributed by atoms with Crippen molar-refractivity contribution in [2.24, 2.45) is 10.8 Å². The molecule has 0 spiro atoms. The van der Waals surface area contributed by atoms with E-state index < -0.39 is 59.1 Å². The molecule has 0 saturated carbocycles. The first-order valence-electron chi connectivity index (χ1n) is 16.8. The molecule has 3 aromatic rings. The number of pyridine rings is 1. The number of aromatic nitrogens is 1. The van der Waals surface area contributed by atoms with Gasteiger partial charge < -0.3 is 30.5 Å². The molecule has 4 atom stereocenters. The Morgan fingerprint density at radius 1 is 0.725 bits per heavy atom. The summed E-state index contributed by atoms with van der Waals surface area (Å²) in [7, 11) is 2.44. The number of aliphatic hydroxyl groups excluding tert-OH is 1. The molecule has 51 heavy (non-hydrogen) atoms. The number of carbonyl (C=O) groups excluding carboxylic acids is 4. The number of hydrogen-bond acceptors (Lipinski definition) is 9. The van der Waals surface area contributed by atoms with Crippen LogP contribution in [0.4, 0.5) is 9.59 Å². The summed E-state index contributed by atoms with van der Waals surface area (Å²) < 4.78 is 9.54. The van der Waals surface area contributed by atoms with Gasteiger partial charge in [0.1, 0.15) is 12.1 Å². The molecule has 0 radical (unpaired) electrons. The third-order valence-electron chi connectivity index (χ3n) is 8.21. The number of aliphatic hydroxyl groups is 1. The summed E-state index contributed by atoms with van der Waals surface area (Å²) in [4.78, 5) is 56.3. The smallest absolute Gasteiger partial charge is 0.407 e. The van der Waals surface area contributed by atoms with Crippen molar-refractivity contribution in [1.82, 2.24) is 31.4 Å². The van der Waals surface area contributed by atoms with E-state index >= 15 is 0 Å². The van der Waals surface area contributed by atoms with Crippen LogP contribution in [-0.2, 0) is 32.0 Å². The van der Waals surface area contributed by atoms with E-state index in [9.17, 15) is 24.3 Å². The lowest BCUT2D eigenvalue weighted by Gasteiger charge is -2.35. The van der Waals surface area contributed by atoms with Gasteiger partial charge in [-0.3, -0.25) is 20.0 Å². The van der Waals surface area contributed by atoms with Crippen LogP contribution < -0.4 is 21.4 Å². The number of alkyl carbamates (subject to hydrolysis) is 2. The molecule has 13 heteroatoms. The zero-order valence-corrected chi connectivity index (χ0v) is 30.7. The Balaban J connectivity index is 1.96. The number of methoxy groups -OCH3 is 2. The van der Waals surface area contributed by atoms with E-state index in [1.54, 1.807) is 32.0 Å². The third kappa shape index (κ3) is 12.7. The number of amides is 4. The van der Waals surface area contributed by atoms with Gasteiger partial charge in [-0.05, 0) is 40.5 Å². The second kappa shape index (κ2) is 18.3. The number of nitrogens with zero attached hydrogens (tertiary/aromatic N) is 2. The molecule has 0 bridgehead atoms. The van der Waals surface area contributed by atoms with Crippen LogP contribution in [-0.4, -0.2) is 84.1 Å². The summed E-state index contributed by atoms with van der Waals surface area (Å²) in [5, 5.41) is 21.6. The normalized spacial score (nSPS) is 14.0. The van der Waals surface area contributed by atoms with E-state index in [1.807, 2.05) is 93.6 Å². The molecule has 0 aliphatic rings. The van der Waals surface area contributed by atoms with Gasteiger partial charge in [0.15, 0.2) is 0 Å². The Kier molecular flexibility index (Phi) is 14.5. The molecule has 0 aliphatic carbocycles. The minimum atomic E-state index is -1.22. The summed E-state index contributed by atoms with van der Waals surface area (Å²) in [5.74, 6) is -1.03. The molecule has 13 nitrogen and oxygen atoms in total. The van der Waals surface area contributed by atoms with Gasteiger partial charge in [0.25, 0.3) is 5.91 Å². The first kappa shape index (κ1) is 40.4. The quantitative estimate of drug-likeness (QED) is 0.154. The van der Waals surface area contributed by atoms with Crippen molar-refractivity contribution < 1.29 is 33.8 Å². The van der Waals surface area contributed by atoms with Crippen LogP contribution in [0.25, 0.3) is 11.3 Å². The number of hydrogen-bond donors (Lipinski definition) is 5. The highest BCUT2D eigenvalue weighted by Gasteiger charge is 2.37. The molecule has 0 fully saturated rings. The molecule has 3 rings (SSSR count). The minimum absolute atomic E-state index is 0.120. The van der Waals surface area contributed by atoms with Crippen LogP contribution in [0.5, 0.6) is 0 Å². The molecule has 0 saturated heterocycles. The maximum absolute atomic E-state index is 13.8. The second-order valence-corrected chi connectivity index (χ2v) is 14.5. The van der Waals surface area contributed by atoms with Crippen molar-refractivity contribution in [1.29, 1.82) is 0 Å². The zero-order chi connectivity index (χ0) is 37.8. The van der Waals surface area contributed by atoms with Crippen molar-refractivity contribution in [3.63, 3.8) is 0 Å². The average Bonchev–Trinajstić information content (AvgIpc) is 3.08. The Bertz CT molecular complexity index is 1570. The predicted octanol–water partition coefficient (Wildman–Crippen LogP) is 4.21. The van der Waals surface area contributed by atoms with E-state index in [-0.39, 0.29) is 19.5 Å². The van der Waals surface area contributed by atoms with E-state index in [4.69, 9.17) is 9.47 Å². The number of rotatable bonds is 14. The largest absolute Gasteiger partial charge is 0.453 e. The molecule has 2 aromatic carbocycles. The fourth-order valence-electron chi connectivity index (χ4n) is 5.38. The van der Waals surface area contributed by atoms with Gasteiger partial charge >= 0.3 is 12.2 Å². The average molecular weight is 705 g/mol. The lowest BCUT2D eigenvalue weighted by Crippen LogP contribution is -2.60. The number of hydrazine groups is 1. The van der Waals surface area contributed by atoms with Crippen LogP contribution in [0, 0.1) is 10.8 Å². The lowest BCUT2D eigenvalue weighted by atomic mass is 9.85. The van der Waals surface area contributed by atoms with Gasteiger partial charge in [-0.2, -0.15) is 0 Å². The van der Waals surface area contributed by atoms with Gasteiger partial charge in [-0.25, -0.2) is 14.6 Å². The maximum atomic E-state index is 13.8. The summed E-state index contributed by atoms with van der Waals surface area (Å²) in [6, 6.07) is 19.8. The van der Waals surface area contributed by atoms with E-state index in [0.717, 1.165) is 22.4 Å². The number of ether oxygens (including phenoxy) is 2. The molecule has 4 amide bonds. The van der Waals surface area contributed by atoms with Crippen LogP contribution in [0.1, 0.15) is 52.7 Å². The van der Waals surface area contributed by atoms with Crippen molar-refractivity contribution in [3.05, 3.63) is 90.1 Å². The Morgan fingerprint density at radius 3 is 1.78 bits per heavy atom. The van der Waals surface area contributed by atoms with E-state index in [0.29, 0.717) is 0 Å². The number of benzene rings is 2. The van der Waals surface area contributed by atoms with Crippen LogP contribution in [0.2, 0.25) is 0 Å². The van der Waals surface area contributed by atoms with Gasteiger partial charge in [-0.1, -0.05) is 102 Å². The molecule has 276 valence electrons. The van der Waals surface area contributed by atoms with Crippen molar-refractivity contribution in [2.75, 3.05) is 20.8 Å². The third-order valence-corrected chi connectivity index (χ3v) is 8.21. The Morgan fingerprint density at radius 2 is 1.27 bits per heavy atom. The summed E-state index contributed by atoms with van der Waals surface area (Å²) in [6.07, 6.45) is -0.778. The van der Waals surface area contributed by atoms with Gasteiger partial charge in [-0.15, -0.1) is 0 Å². The fourth-order valence-corrected chi connectivity index (χ4v) is 5.38. The Hall–Kier alpha value is -5.01. The van der Waals surface area contributed by atoms with E-state index in [2.05, 4.69) is 26.4 Å². The fraction of sp³-hybridized carbons (Fsp3) is 0.447. The topological polar surface area (TPSA) is 171 Å². The number of carbonyl (C=O) groups is 4. The van der Waals surface area contributed by atoms with Crippen LogP contribution in [0.15, 0.2) is 79.0 Å². The lowest BCUT2D eigenvalue weighted by molar-refractivity contribution is -0.132. The monoisotopic (exact) mass is 704 g/mol. The first-order valence-corrected chi connectivity index (χ1v) is 16.8. The molecular weight excluding hydrogens is 652 g/mol. The second-order valence-electron chi connectivity index (χ2n) is 14.5. The zero-order valence-electron chi connectivity index (χ0n) is 30.7. The molecular formula is C38H52N6O7. The summed E-state index contributed by atoms with van der Waals surface area (Å²) >= 11 is 0. The van der Waals surface area contributed by atoms with Crippen LogP contribution in [0.3, 0.4) is 0 Å². The predicted molar refractivity (Wildman–Crippen MR) is 194 cm³/mol. The molecule has 0 unspecified atom stereocenters. The highest BCUT2D eigenvalue weighted by atomic mass is 16.5. The van der Waals surface area contributed by atoms with Gasteiger partial charge in [0.05, 0.1) is 32.1 Å². The SMILES string of the molecule is COC(=O)N[C@@H](C(=O)N[C@@H](Cc1ccccc1)[C@@H](O)CN(Cc1ccc(-c2ccccn2)cc1)NC(=O)[C@H](NC(=O)OC)C(C)(C)C)C(C)(C)C. The maximum Gasteiger partial charge on any atom is 0.407 e. The van der Waals surface area contributed by atoms with Gasteiger partial charge in [0.2, 0.25) is 5.91 Å². The Labute approximate surface area is 300 Å². The van der Waals surface area contributed by atoms with E-state index in [1.165, 1.54) is 14.2 Å². The van der Waals surface area contributed by atoms with Gasteiger partial charge in [0, 0.05) is 24.8 Å². The highest BCUT2D eigenvalue weighted by Crippen LogP contribution is 2.23. The summed E-state index contributed by atoms with van der Waals surface area (Å²) in [5.41, 5.74) is 4.88. The number of nitrogens with one attached hydrogen (secondary N) is 4. The van der Waals surface area contributed by atoms with Crippen LogP contribution >= 0.6 is 0 Å². The molecule has 1 heterocycles. The standard InChI is InChI=1S/C38H52N6O7/c1-37(2,3)31(41-35(48)50-7)33(46)40-29(22-25-14-10-9-11-15-25)30(45)24-44(43-34(47)32(38(4,5)6)42-36(49)51-8)23-26-17-19-27(20-18-26)28-16-12-13-21-39-28/h9-21,29-32,45H,22-24H2,1-8H3,(H,40,46)(H,41,48)(H,42,49)(H,43,47)/t29-,30-,31-,32-/m0/s1.